The minimum Gasteiger partial charge on any atom is -0.319 e. The molecule has 0 saturated carbocycles. The molecule has 0 radical (unpaired) electrons. The molecule has 0 spiro atoms. The maximum Gasteiger partial charge on any atom is 0.0236 e. The van der Waals surface area contributed by atoms with E-state index in [-0.39, 0.29) is 0 Å². The van der Waals surface area contributed by atoms with Crippen molar-refractivity contribution in [1.82, 2.24) is 10.2 Å². The molecule has 0 amide bonds. The molecule has 1 aromatic carbocycles. The smallest absolute Gasteiger partial charge is 0.0236 e. The third kappa shape index (κ3) is 5.19. The van der Waals surface area contributed by atoms with Crippen LogP contribution in [0.15, 0.2) is 24.3 Å². The number of likely N-dealkylation sites (N-methyl/N-ethyl adjacent to an activating group) is 1. The van der Waals surface area contributed by atoms with Gasteiger partial charge < -0.3 is 5.32 Å². The quantitative estimate of drug-likeness (QED) is 0.760. The van der Waals surface area contributed by atoms with Gasteiger partial charge in [-0.05, 0) is 58.0 Å². The number of rotatable bonds is 8. The topological polar surface area (TPSA) is 15.3 Å². The Morgan fingerprint density at radius 3 is 2.22 bits per heavy atom. The molecule has 0 aliphatic heterocycles. The van der Waals surface area contributed by atoms with E-state index in [1.807, 2.05) is 7.05 Å². The van der Waals surface area contributed by atoms with E-state index in [2.05, 4.69) is 55.3 Å². The molecule has 1 N–H and O–H groups in total. The molecule has 0 aliphatic rings. The van der Waals surface area contributed by atoms with Crippen LogP contribution in [-0.2, 0) is 13.0 Å². The van der Waals surface area contributed by atoms with Crippen LogP contribution in [0.25, 0.3) is 0 Å². The van der Waals surface area contributed by atoms with Gasteiger partial charge in [-0.2, -0.15) is 0 Å². The lowest BCUT2D eigenvalue weighted by molar-refractivity contribution is 0.213. The SMILES string of the molecule is CCCN(Cc1ccc(CCNC)cc1)C(C)C. The predicted octanol–water partition coefficient (Wildman–Crippen LogP) is 3.07. The Labute approximate surface area is 112 Å². The van der Waals surface area contributed by atoms with Crippen molar-refractivity contribution in [2.24, 2.45) is 0 Å². The van der Waals surface area contributed by atoms with Gasteiger partial charge in [0, 0.05) is 12.6 Å². The summed E-state index contributed by atoms with van der Waals surface area (Å²) in [4.78, 5) is 2.53. The van der Waals surface area contributed by atoms with E-state index >= 15 is 0 Å². The van der Waals surface area contributed by atoms with Crippen molar-refractivity contribution in [3.63, 3.8) is 0 Å². The molecule has 102 valence electrons. The fourth-order valence-corrected chi connectivity index (χ4v) is 2.12. The second-order valence-electron chi connectivity index (χ2n) is 5.23. The second-order valence-corrected chi connectivity index (χ2v) is 5.23. The van der Waals surface area contributed by atoms with Crippen LogP contribution >= 0.6 is 0 Å². The molecular formula is C16H28N2. The summed E-state index contributed by atoms with van der Waals surface area (Å²) >= 11 is 0. The largest absolute Gasteiger partial charge is 0.319 e. The minimum atomic E-state index is 0.619. The number of nitrogens with one attached hydrogen (secondary N) is 1. The summed E-state index contributed by atoms with van der Waals surface area (Å²) in [6, 6.07) is 9.69. The monoisotopic (exact) mass is 248 g/mol. The van der Waals surface area contributed by atoms with Crippen LogP contribution in [0.3, 0.4) is 0 Å². The highest BCUT2D eigenvalue weighted by molar-refractivity contribution is 5.22. The number of benzene rings is 1. The van der Waals surface area contributed by atoms with E-state index in [0.717, 1.165) is 19.5 Å². The number of hydrogen-bond acceptors (Lipinski definition) is 2. The first kappa shape index (κ1) is 15.2. The lowest BCUT2D eigenvalue weighted by Gasteiger charge is -2.26. The first-order chi connectivity index (χ1) is 8.67. The van der Waals surface area contributed by atoms with E-state index in [9.17, 15) is 0 Å². The van der Waals surface area contributed by atoms with Gasteiger partial charge in [0.15, 0.2) is 0 Å². The van der Waals surface area contributed by atoms with Gasteiger partial charge in [-0.25, -0.2) is 0 Å². The van der Waals surface area contributed by atoms with E-state index in [4.69, 9.17) is 0 Å². The normalized spacial score (nSPS) is 11.4. The molecule has 0 saturated heterocycles. The maximum absolute atomic E-state index is 3.19. The molecule has 0 aromatic heterocycles. The summed E-state index contributed by atoms with van der Waals surface area (Å²) < 4.78 is 0. The number of nitrogens with zero attached hydrogens (tertiary/aromatic N) is 1. The van der Waals surface area contributed by atoms with Crippen LogP contribution in [0, 0.1) is 0 Å². The van der Waals surface area contributed by atoms with Crippen molar-refractivity contribution in [3.05, 3.63) is 35.4 Å². The molecule has 0 fully saturated rings. The maximum atomic E-state index is 3.19. The zero-order chi connectivity index (χ0) is 13.4. The summed E-state index contributed by atoms with van der Waals surface area (Å²) in [6.07, 6.45) is 2.33. The molecule has 2 heteroatoms. The first-order valence-electron chi connectivity index (χ1n) is 7.13. The Morgan fingerprint density at radius 2 is 1.72 bits per heavy atom. The van der Waals surface area contributed by atoms with Gasteiger partial charge in [0.05, 0.1) is 0 Å². The Kier molecular flexibility index (Phi) is 6.99. The number of hydrogen-bond donors (Lipinski definition) is 1. The summed E-state index contributed by atoms with van der Waals surface area (Å²) in [6.45, 7) is 10.1. The Morgan fingerprint density at radius 1 is 1.11 bits per heavy atom. The zero-order valence-corrected chi connectivity index (χ0v) is 12.4. The van der Waals surface area contributed by atoms with Crippen LogP contribution in [0.4, 0.5) is 0 Å². The Balaban J connectivity index is 2.55. The van der Waals surface area contributed by atoms with Crippen molar-refractivity contribution in [3.8, 4) is 0 Å². The minimum absolute atomic E-state index is 0.619. The third-order valence-corrected chi connectivity index (χ3v) is 3.31. The van der Waals surface area contributed by atoms with Gasteiger partial charge in [0.25, 0.3) is 0 Å². The molecule has 1 aromatic rings. The van der Waals surface area contributed by atoms with Gasteiger partial charge in [-0.15, -0.1) is 0 Å². The van der Waals surface area contributed by atoms with Gasteiger partial charge in [0.2, 0.25) is 0 Å². The highest BCUT2D eigenvalue weighted by Gasteiger charge is 2.08. The summed E-state index contributed by atoms with van der Waals surface area (Å²) in [5.41, 5.74) is 2.84. The van der Waals surface area contributed by atoms with Crippen LogP contribution < -0.4 is 5.32 Å². The predicted molar refractivity (Wildman–Crippen MR) is 79.9 cm³/mol. The molecule has 0 atom stereocenters. The Hall–Kier alpha value is -0.860. The molecule has 18 heavy (non-hydrogen) atoms. The standard InChI is InChI=1S/C16H28N2/c1-5-12-18(14(2)3)13-16-8-6-15(7-9-16)10-11-17-4/h6-9,14,17H,5,10-13H2,1-4H3. The molecule has 0 bridgehead atoms. The molecule has 2 nitrogen and oxygen atoms in total. The highest BCUT2D eigenvalue weighted by Crippen LogP contribution is 2.11. The average Bonchev–Trinajstić information content (AvgIpc) is 2.37. The van der Waals surface area contributed by atoms with Gasteiger partial charge in [-0.3, -0.25) is 4.90 Å². The van der Waals surface area contributed by atoms with E-state index < -0.39 is 0 Å². The Bertz CT molecular complexity index is 316. The van der Waals surface area contributed by atoms with Crippen LogP contribution in [-0.4, -0.2) is 31.1 Å². The fraction of sp³-hybridized carbons (Fsp3) is 0.625. The van der Waals surface area contributed by atoms with Crippen LogP contribution in [0.1, 0.15) is 38.3 Å². The lowest BCUT2D eigenvalue weighted by Crippen LogP contribution is -2.30. The fourth-order valence-electron chi connectivity index (χ4n) is 2.12. The molecule has 0 unspecified atom stereocenters. The first-order valence-corrected chi connectivity index (χ1v) is 7.13. The summed E-state index contributed by atoms with van der Waals surface area (Å²) in [7, 11) is 2.00. The second kappa shape index (κ2) is 8.28. The van der Waals surface area contributed by atoms with Crippen molar-refractivity contribution >= 4 is 0 Å². The van der Waals surface area contributed by atoms with Crippen molar-refractivity contribution < 1.29 is 0 Å². The molecule has 0 aliphatic carbocycles. The molecular weight excluding hydrogens is 220 g/mol. The van der Waals surface area contributed by atoms with E-state index in [1.54, 1.807) is 0 Å². The molecule has 1 rings (SSSR count). The van der Waals surface area contributed by atoms with Crippen LogP contribution in [0.5, 0.6) is 0 Å². The average molecular weight is 248 g/mol. The third-order valence-electron chi connectivity index (χ3n) is 3.31. The summed E-state index contributed by atoms with van der Waals surface area (Å²) in [5, 5.41) is 3.19. The molecule has 0 heterocycles. The summed E-state index contributed by atoms with van der Waals surface area (Å²) in [5.74, 6) is 0. The van der Waals surface area contributed by atoms with E-state index in [1.165, 1.54) is 24.1 Å². The van der Waals surface area contributed by atoms with Gasteiger partial charge in [0.1, 0.15) is 0 Å². The van der Waals surface area contributed by atoms with Gasteiger partial charge in [-0.1, -0.05) is 31.2 Å². The van der Waals surface area contributed by atoms with Crippen LogP contribution in [0.2, 0.25) is 0 Å². The highest BCUT2D eigenvalue weighted by atomic mass is 15.1. The lowest BCUT2D eigenvalue weighted by atomic mass is 10.1. The van der Waals surface area contributed by atoms with Crippen molar-refractivity contribution in [2.45, 2.75) is 46.2 Å². The zero-order valence-electron chi connectivity index (χ0n) is 12.4. The van der Waals surface area contributed by atoms with Crippen molar-refractivity contribution in [2.75, 3.05) is 20.1 Å². The van der Waals surface area contributed by atoms with Gasteiger partial charge >= 0.3 is 0 Å². The van der Waals surface area contributed by atoms with Crippen molar-refractivity contribution in [1.29, 1.82) is 0 Å². The van der Waals surface area contributed by atoms with E-state index in [0.29, 0.717) is 6.04 Å².